The second kappa shape index (κ2) is 1.42. The summed E-state index contributed by atoms with van der Waals surface area (Å²) >= 11 is 0. The van der Waals surface area contributed by atoms with E-state index in [2.05, 4.69) is 0 Å². The van der Waals surface area contributed by atoms with E-state index in [9.17, 15) is 9.59 Å². The molecule has 1 aliphatic rings. The molecule has 0 radical (unpaired) electrons. The van der Waals surface area contributed by atoms with Gasteiger partial charge in [-0.3, -0.25) is 0 Å². The molecule has 0 aromatic carbocycles. The average molecular weight is 132 g/mol. The van der Waals surface area contributed by atoms with Crippen LogP contribution in [0.3, 0.4) is 0 Å². The Morgan fingerprint density at radius 1 is 1.11 bits per heavy atom. The molecule has 6 nitrogen and oxygen atoms in total. The molecule has 4 N–H and O–H groups in total. The van der Waals surface area contributed by atoms with Gasteiger partial charge in [0.1, 0.15) is 0 Å². The zero-order chi connectivity index (χ0) is 7.07. The van der Waals surface area contributed by atoms with E-state index in [1.165, 1.54) is 0 Å². The lowest BCUT2D eigenvalue weighted by Crippen LogP contribution is -2.38. The van der Waals surface area contributed by atoms with Gasteiger partial charge in [-0.25, -0.2) is 20.4 Å². The van der Waals surface area contributed by atoms with Crippen LogP contribution in [0.1, 0.15) is 0 Å². The number of hydrogen-bond donors (Lipinski definition) is 4. The molecule has 50 valence electrons. The van der Waals surface area contributed by atoms with E-state index in [0.717, 1.165) is 0 Å². The summed E-state index contributed by atoms with van der Waals surface area (Å²) in [5.41, 5.74) is 2.08. The lowest BCUT2D eigenvalue weighted by Gasteiger charge is -1.95. The molecule has 0 aromatic rings. The Balaban J connectivity index is 2.75. The van der Waals surface area contributed by atoms with Gasteiger partial charge in [0.2, 0.25) is 0 Å². The van der Waals surface area contributed by atoms with Crippen molar-refractivity contribution in [3.05, 3.63) is 0 Å². The highest BCUT2D eigenvalue weighted by Crippen LogP contribution is 2.08. The molecular formula is C3H4N2O4. The third-order valence-electron chi connectivity index (χ3n) is 1.02. The average Bonchev–Trinajstić information content (AvgIpc) is 2.40. The van der Waals surface area contributed by atoms with E-state index < -0.39 is 17.6 Å². The maximum absolute atomic E-state index is 10.0. The van der Waals surface area contributed by atoms with Crippen LogP contribution in [0.4, 0.5) is 0 Å². The minimum absolute atomic E-state index is 1.44. The predicted octanol–water partition coefficient (Wildman–Crippen LogP) is -2.04. The smallest absolute Gasteiger partial charge is 0.353 e. The van der Waals surface area contributed by atoms with Crippen LogP contribution in [0, 0.1) is 0 Å². The first-order chi connectivity index (χ1) is 4.09. The Morgan fingerprint density at radius 2 is 1.44 bits per heavy atom. The highest BCUT2D eigenvalue weighted by Gasteiger charge is 2.58. The molecule has 1 saturated heterocycles. The molecule has 0 saturated carbocycles. The fourth-order valence-electron chi connectivity index (χ4n) is 0.368. The van der Waals surface area contributed by atoms with Gasteiger partial charge in [-0.05, 0) is 0 Å². The summed E-state index contributed by atoms with van der Waals surface area (Å²) in [4.78, 5) is 20.0. The van der Waals surface area contributed by atoms with E-state index >= 15 is 0 Å². The van der Waals surface area contributed by atoms with Crippen LogP contribution in [0.15, 0.2) is 0 Å². The number of carboxylic acids is 2. The molecule has 1 fully saturated rings. The summed E-state index contributed by atoms with van der Waals surface area (Å²) in [7, 11) is 0. The van der Waals surface area contributed by atoms with E-state index in [1.54, 1.807) is 0 Å². The maximum atomic E-state index is 10.0. The number of rotatable bonds is 2. The van der Waals surface area contributed by atoms with Crippen LogP contribution < -0.4 is 10.9 Å². The van der Waals surface area contributed by atoms with E-state index in [0.29, 0.717) is 0 Å². The maximum Gasteiger partial charge on any atom is 0.353 e. The van der Waals surface area contributed by atoms with Gasteiger partial charge >= 0.3 is 11.9 Å². The van der Waals surface area contributed by atoms with E-state index in [4.69, 9.17) is 10.2 Å². The lowest BCUT2D eigenvalue weighted by atomic mass is 10.3. The van der Waals surface area contributed by atoms with Gasteiger partial charge in [-0.1, -0.05) is 0 Å². The van der Waals surface area contributed by atoms with Gasteiger partial charge in [0, 0.05) is 0 Å². The summed E-state index contributed by atoms with van der Waals surface area (Å²) < 4.78 is 0. The van der Waals surface area contributed by atoms with Crippen molar-refractivity contribution in [2.45, 2.75) is 5.66 Å². The summed E-state index contributed by atoms with van der Waals surface area (Å²) in [6.45, 7) is 0. The highest BCUT2D eigenvalue weighted by molar-refractivity contribution is 6.05. The first kappa shape index (κ1) is 5.99. The minimum atomic E-state index is -1.92. The van der Waals surface area contributed by atoms with Crippen molar-refractivity contribution in [1.82, 2.24) is 10.9 Å². The number of hydrazine groups is 1. The second-order valence-corrected chi connectivity index (χ2v) is 1.61. The second-order valence-electron chi connectivity index (χ2n) is 1.61. The van der Waals surface area contributed by atoms with Crippen molar-refractivity contribution in [3.8, 4) is 0 Å². The van der Waals surface area contributed by atoms with Crippen molar-refractivity contribution in [3.63, 3.8) is 0 Å². The standard InChI is InChI=1S/C3H4N2O4/c6-1(7)3(2(8)9)4-5-3/h4-5H,(H,6,7)(H,8,9). The Morgan fingerprint density at radius 3 is 1.44 bits per heavy atom. The number of nitrogens with one attached hydrogen (secondary N) is 2. The van der Waals surface area contributed by atoms with Gasteiger partial charge in [0.05, 0.1) is 0 Å². The highest BCUT2D eigenvalue weighted by atomic mass is 16.4. The topological polar surface area (TPSA) is 118 Å². The minimum Gasteiger partial charge on any atom is -0.478 e. The molecular weight excluding hydrogens is 128 g/mol. The van der Waals surface area contributed by atoms with Crippen LogP contribution >= 0.6 is 0 Å². The number of hydrogen-bond acceptors (Lipinski definition) is 4. The molecule has 1 aliphatic heterocycles. The molecule has 0 atom stereocenters. The summed E-state index contributed by atoms with van der Waals surface area (Å²) in [6.07, 6.45) is 0. The summed E-state index contributed by atoms with van der Waals surface area (Å²) in [6, 6.07) is 0. The Bertz CT molecular complexity index is 157. The van der Waals surface area contributed by atoms with Crippen molar-refractivity contribution < 1.29 is 19.8 Å². The number of aliphatic carboxylic acids is 2. The Hall–Kier alpha value is -1.14. The van der Waals surface area contributed by atoms with Gasteiger partial charge < -0.3 is 10.2 Å². The molecule has 9 heavy (non-hydrogen) atoms. The predicted molar refractivity (Wildman–Crippen MR) is 24.3 cm³/mol. The van der Waals surface area contributed by atoms with Crippen LogP contribution in [0.5, 0.6) is 0 Å². The normalized spacial score (nSPS) is 20.9. The molecule has 1 rings (SSSR count). The van der Waals surface area contributed by atoms with Crippen molar-refractivity contribution in [2.75, 3.05) is 0 Å². The van der Waals surface area contributed by atoms with Crippen LogP contribution in [-0.2, 0) is 9.59 Å². The van der Waals surface area contributed by atoms with Gasteiger partial charge in [-0.2, -0.15) is 0 Å². The summed E-state index contributed by atoms with van der Waals surface area (Å²) in [5.74, 6) is -2.87. The molecule has 0 aliphatic carbocycles. The number of carbonyl (C=O) groups is 2. The Kier molecular flexibility index (Phi) is 0.948. The largest absolute Gasteiger partial charge is 0.478 e. The fourth-order valence-corrected chi connectivity index (χ4v) is 0.368. The van der Waals surface area contributed by atoms with Crippen LogP contribution in [-0.4, -0.2) is 27.8 Å². The molecule has 0 amide bonds. The third-order valence-corrected chi connectivity index (χ3v) is 1.02. The van der Waals surface area contributed by atoms with Crippen molar-refractivity contribution in [2.24, 2.45) is 0 Å². The molecule has 0 unspecified atom stereocenters. The molecule has 0 aromatic heterocycles. The zero-order valence-corrected chi connectivity index (χ0v) is 4.21. The molecule has 0 spiro atoms. The third kappa shape index (κ3) is 0.644. The SMILES string of the molecule is O=C(O)C1(C(=O)O)NN1. The van der Waals surface area contributed by atoms with Gasteiger partial charge in [0.25, 0.3) is 5.66 Å². The molecule has 1 heterocycles. The van der Waals surface area contributed by atoms with E-state index in [-0.39, 0.29) is 0 Å². The lowest BCUT2D eigenvalue weighted by molar-refractivity contribution is -0.152. The van der Waals surface area contributed by atoms with Crippen molar-refractivity contribution in [1.29, 1.82) is 0 Å². The zero-order valence-electron chi connectivity index (χ0n) is 4.21. The van der Waals surface area contributed by atoms with E-state index in [1.807, 2.05) is 10.9 Å². The monoisotopic (exact) mass is 132 g/mol. The Labute approximate surface area is 49.4 Å². The molecule has 6 heteroatoms. The quantitative estimate of drug-likeness (QED) is 0.254. The first-order valence-corrected chi connectivity index (χ1v) is 2.11. The molecule has 0 bridgehead atoms. The van der Waals surface area contributed by atoms with Crippen LogP contribution in [0.25, 0.3) is 0 Å². The van der Waals surface area contributed by atoms with Gasteiger partial charge in [-0.15, -0.1) is 0 Å². The van der Waals surface area contributed by atoms with Gasteiger partial charge in [0.15, 0.2) is 0 Å². The first-order valence-electron chi connectivity index (χ1n) is 2.11. The number of carboxylic acid groups (broad SMARTS) is 2. The van der Waals surface area contributed by atoms with Crippen molar-refractivity contribution >= 4 is 11.9 Å². The fraction of sp³-hybridized carbons (Fsp3) is 0.333. The summed E-state index contributed by atoms with van der Waals surface area (Å²) in [5, 5.41) is 16.3. The van der Waals surface area contributed by atoms with Crippen LogP contribution in [0.2, 0.25) is 0 Å².